The highest BCUT2D eigenvalue weighted by Crippen LogP contribution is 2.23. The molecule has 32 heavy (non-hydrogen) atoms. The van der Waals surface area contributed by atoms with Crippen molar-refractivity contribution in [3.05, 3.63) is 57.2 Å². The van der Waals surface area contributed by atoms with Crippen LogP contribution in [0.1, 0.15) is 19.8 Å². The molecule has 2 heterocycles. The summed E-state index contributed by atoms with van der Waals surface area (Å²) >= 11 is 1.27. The number of anilines is 2. The molecule has 10 heteroatoms. The summed E-state index contributed by atoms with van der Waals surface area (Å²) in [6.45, 7) is 2.67. The number of H-pyrrole nitrogens is 1. The van der Waals surface area contributed by atoms with Crippen LogP contribution in [-0.4, -0.2) is 46.5 Å². The molecular formula is C22H27N5O4S. The minimum atomic E-state index is -0.696. The van der Waals surface area contributed by atoms with Crippen molar-refractivity contribution in [2.75, 3.05) is 36.6 Å². The van der Waals surface area contributed by atoms with Crippen LogP contribution in [-0.2, 0) is 16.1 Å². The topological polar surface area (TPSA) is 123 Å². The summed E-state index contributed by atoms with van der Waals surface area (Å²) < 4.78 is 6.42. The lowest BCUT2D eigenvalue weighted by atomic mass is 10.2. The van der Waals surface area contributed by atoms with Crippen LogP contribution in [0.25, 0.3) is 10.9 Å². The summed E-state index contributed by atoms with van der Waals surface area (Å²) in [5, 5.41) is 1.71. The number of aromatic amines is 1. The summed E-state index contributed by atoms with van der Waals surface area (Å²) in [4.78, 5) is 46.1. The number of ether oxygens (including phenoxy) is 1. The van der Waals surface area contributed by atoms with Gasteiger partial charge in [-0.25, -0.2) is 9.78 Å². The predicted octanol–water partition coefficient (Wildman–Crippen LogP) is 2.24. The third-order valence-corrected chi connectivity index (χ3v) is 5.87. The number of hydrogen-bond donors (Lipinski definition) is 2. The van der Waals surface area contributed by atoms with Crippen molar-refractivity contribution in [3.63, 3.8) is 0 Å². The van der Waals surface area contributed by atoms with Crippen molar-refractivity contribution in [2.45, 2.75) is 31.3 Å². The number of methoxy groups -OCH3 is 1. The first-order chi connectivity index (χ1) is 15.5. The van der Waals surface area contributed by atoms with Gasteiger partial charge in [-0.05, 0) is 18.6 Å². The van der Waals surface area contributed by atoms with Crippen LogP contribution in [0.4, 0.5) is 11.5 Å². The number of nitrogens with zero attached hydrogens (tertiary/aromatic N) is 3. The van der Waals surface area contributed by atoms with Gasteiger partial charge in [0.2, 0.25) is 5.91 Å². The molecule has 3 aromatic rings. The van der Waals surface area contributed by atoms with Crippen LogP contribution in [0.5, 0.6) is 0 Å². The second-order valence-electron chi connectivity index (χ2n) is 7.17. The Morgan fingerprint density at radius 1 is 1.25 bits per heavy atom. The summed E-state index contributed by atoms with van der Waals surface area (Å²) in [6, 6.07) is 11.5. The van der Waals surface area contributed by atoms with E-state index in [-0.39, 0.29) is 36.3 Å². The zero-order chi connectivity index (χ0) is 23.1. The third kappa shape index (κ3) is 5.38. The Hall–Kier alpha value is -3.11. The van der Waals surface area contributed by atoms with Gasteiger partial charge >= 0.3 is 5.69 Å². The summed E-state index contributed by atoms with van der Waals surface area (Å²) in [6.07, 6.45) is 1.56. The Bertz CT molecular complexity index is 1210. The zero-order valence-corrected chi connectivity index (χ0v) is 19.0. The molecule has 3 N–H and O–H groups in total. The normalized spacial score (nSPS) is 11.1. The number of nitrogens with two attached hydrogens (primary N) is 1. The maximum absolute atomic E-state index is 13.1. The number of fused-ring (bicyclic) bond motifs is 1. The third-order valence-electron chi connectivity index (χ3n) is 4.96. The number of nitrogens with one attached hydrogen (secondary N) is 1. The average molecular weight is 458 g/mol. The predicted molar refractivity (Wildman–Crippen MR) is 127 cm³/mol. The molecule has 0 saturated carbocycles. The van der Waals surface area contributed by atoms with Crippen LogP contribution in [0.15, 0.2) is 51.0 Å². The SMILES string of the molecule is CCCCn1c(N)c(N(CCOC)C(=O)CSc2ccc3ccccc3n2)c(=O)[nH]c1=O. The quantitative estimate of drug-likeness (QED) is 0.448. The van der Waals surface area contributed by atoms with E-state index in [0.29, 0.717) is 18.0 Å². The number of carbonyl (C=O) groups excluding carboxylic acids is 1. The van der Waals surface area contributed by atoms with Gasteiger partial charge in [-0.3, -0.25) is 19.1 Å². The highest BCUT2D eigenvalue weighted by Gasteiger charge is 2.24. The maximum atomic E-state index is 13.1. The standard InChI is InChI=1S/C22H27N5O4S/c1-3-4-11-27-20(23)19(21(29)25-22(27)30)26(12-13-31-2)18(28)14-32-17-10-9-15-7-5-6-8-16(15)24-17/h5-10H,3-4,11-14,23H2,1-2H3,(H,25,29,30). The monoisotopic (exact) mass is 457 g/mol. The second kappa shape index (κ2) is 11.0. The molecule has 0 atom stereocenters. The van der Waals surface area contributed by atoms with Gasteiger partial charge in [0, 0.05) is 25.6 Å². The van der Waals surface area contributed by atoms with Crippen molar-refractivity contribution in [2.24, 2.45) is 0 Å². The largest absolute Gasteiger partial charge is 0.383 e. The van der Waals surface area contributed by atoms with E-state index in [2.05, 4.69) is 9.97 Å². The molecule has 0 fully saturated rings. The van der Waals surface area contributed by atoms with Crippen molar-refractivity contribution in [1.29, 1.82) is 0 Å². The minimum absolute atomic E-state index is 0.0227. The molecule has 2 aromatic heterocycles. The average Bonchev–Trinajstić information content (AvgIpc) is 2.79. The zero-order valence-electron chi connectivity index (χ0n) is 18.2. The Morgan fingerprint density at radius 3 is 2.78 bits per heavy atom. The van der Waals surface area contributed by atoms with Gasteiger partial charge in [-0.1, -0.05) is 49.4 Å². The van der Waals surface area contributed by atoms with Crippen LogP contribution in [0.2, 0.25) is 0 Å². The molecule has 0 saturated heterocycles. The first kappa shape index (κ1) is 23.6. The lowest BCUT2D eigenvalue weighted by molar-refractivity contribution is -0.116. The fourth-order valence-corrected chi connectivity index (χ4v) is 4.02. The molecule has 0 unspecified atom stereocenters. The lowest BCUT2D eigenvalue weighted by Crippen LogP contribution is -2.43. The van der Waals surface area contributed by atoms with Gasteiger partial charge in [0.15, 0.2) is 5.69 Å². The molecule has 170 valence electrons. The van der Waals surface area contributed by atoms with E-state index < -0.39 is 11.2 Å². The lowest BCUT2D eigenvalue weighted by Gasteiger charge is -2.24. The molecule has 3 rings (SSSR count). The molecule has 0 aliphatic heterocycles. The van der Waals surface area contributed by atoms with E-state index in [9.17, 15) is 14.4 Å². The van der Waals surface area contributed by atoms with E-state index in [1.165, 1.54) is 28.3 Å². The number of rotatable bonds is 10. The molecule has 1 aromatic carbocycles. The number of carbonyl (C=O) groups is 1. The van der Waals surface area contributed by atoms with E-state index in [1.807, 2.05) is 43.3 Å². The van der Waals surface area contributed by atoms with Gasteiger partial charge in [-0.15, -0.1) is 0 Å². The molecule has 0 radical (unpaired) electrons. The highest BCUT2D eigenvalue weighted by molar-refractivity contribution is 7.99. The fraction of sp³-hybridized carbons (Fsp3) is 0.364. The van der Waals surface area contributed by atoms with Crippen LogP contribution >= 0.6 is 11.8 Å². The first-order valence-electron chi connectivity index (χ1n) is 10.4. The van der Waals surface area contributed by atoms with Crippen LogP contribution in [0.3, 0.4) is 0 Å². The van der Waals surface area contributed by atoms with Gasteiger partial charge in [0.1, 0.15) is 5.82 Å². The van der Waals surface area contributed by atoms with E-state index in [0.717, 1.165) is 17.3 Å². The van der Waals surface area contributed by atoms with Crippen LogP contribution in [0, 0.1) is 0 Å². The van der Waals surface area contributed by atoms with Crippen molar-refractivity contribution < 1.29 is 9.53 Å². The number of thioether (sulfide) groups is 1. The number of hydrogen-bond acceptors (Lipinski definition) is 7. The molecule has 1 amide bonds. The van der Waals surface area contributed by atoms with E-state index >= 15 is 0 Å². The van der Waals surface area contributed by atoms with Gasteiger partial charge in [-0.2, -0.15) is 0 Å². The van der Waals surface area contributed by atoms with E-state index in [1.54, 1.807) is 0 Å². The van der Waals surface area contributed by atoms with Crippen molar-refractivity contribution >= 4 is 40.1 Å². The number of nitrogen functional groups attached to an aromatic ring is 1. The number of aromatic nitrogens is 3. The molecular weight excluding hydrogens is 430 g/mol. The Kier molecular flexibility index (Phi) is 8.07. The fourth-order valence-electron chi connectivity index (χ4n) is 3.26. The van der Waals surface area contributed by atoms with Crippen molar-refractivity contribution in [3.8, 4) is 0 Å². The van der Waals surface area contributed by atoms with Gasteiger partial charge < -0.3 is 15.4 Å². The Labute approximate surface area is 189 Å². The summed E-state index contributed by atoms with van der Waals surface area (Å²) in [5.41, 5.74) is 5.72. The molecule has 9 nitrogen and oxygen atoms in total. The van der Waals surface area contributed by atoms with Gasteiger partial charge in [0.05, 0.1) is 22.9 Å². The Morgan fingerprint density at radius 2 is 2.03 bits per heavy atom. The molecule has 0 spiro atoms. The van der Waals surface area contributed by atoms with E-state index in [4.69, 9.17) is 10.5 Å². The minimum Gasteiger partial charge on any atom is -0.383 e. The Balaban J connectivity index is 1.87. The molecule has 0 aliphatic carbocycles. The van der Waals surface area contributed by atoms with Crippen LogP contribution < -0.4 is 21.9 Å². The molecule has 0 bridgehead atoms. The number of amides is 1. The van der Waals surface area contributed by atoms with Gasteiger partial charge in [0.25, 0.3) is 5.56 Å². The summed E-state index contributed by atoms with van der Waals surface area (Å²) in [7, 11) is 1.51. The number of benzene rings is 1. The molecule has 0 aliphatic rings. The van der Waals surface area contributed by atoms with Crippen molar-refractivity contribution in [1.82, 2.24) is 14.5 Å². The summed E-state index contributed by atoms with van der Waals surface area (Å²) in [5.74, 6) is -0.312. The highest BCUT2D eigenvalue weighted by atomic mass is 32.2. The smallest absolute Gasteiger partial charge is 0.330 e. The number of para-hydroxylation sites is 1. The second-order valence-corrected chi connectivity index (χ2v) is 8.16. The maximum Gasteiger partial charge on any atom is 0.330 e. The number of unbranched alkanes of at least 4 members (excludes halogenated alkanes) is 1. The first-order valence-corrected chi connectivity index (χ1v) is 11.3. The number of pyridine rings is 1.